The highest BCUT2D eigenvalue weighted by molar-refractivity contribution is 7.47. The third-order valence-electron chi connectivity index (χ3n) is 7.59. The Morgan fingerprint density at radius 3 is 1.68 bits per heavy atom. The van der Waals surface area contributed by atoms with Gasteiger partial charge < -0.3 is 25.2 Å². The molecule has 50 heavy (non-hydrogen) atoms. The number of ether oxygens (including phenoxy) is 2. The van der Waals surface area contributed by atoms with Crippen molar-refractivity contribution in [2.24, 2.45) is 5.73 Å². The number of carboxylic acid groups (broad SMARTS) is 1. The second kappa shape index (κ2) is 33.6. The minimum atomic E-state index is -4.72. The van der Waals surface area contributed by atoms with E-state index < -0.39 is 51.1 Å². The molecule has 0 aromatic rings. The summed E-state index contributed by atoms with van der Waals surface area (Å²) in [5, 5.41) is 8.85. The lowest BCUT2D eigenvalue weighted by Crippen LogP contribution is -2.34. The van der Waals surface area contributed by atoms with Gasteiger partial charge in [-0.2, -0.15) is 0 Å². The molecule has 0 heterocycles. The minimum Gasteiger partial charge on any atom is -0.480 e. The lowest BCUT2D eigenvalue weighted by molar-refractivity contribution is -0.161. The number of esters is 2. The highest BCUT2D eigenvalue weighted by Gasteiger charge is 2.28. The molecule has 0 aliphatic rings. The average Bonchev–Trinajstić information content (AvgIpc) is 3.09. The number of hydrogen-bond acceptors (Lipinski definition) is 9. The van der Waals surface area contributed by atoms with Crippen LogP contribution in [0.15, 0.2) is 48.6 Å². The van der Waals surface area contributed by atoms with E-state index in [1.165, 1.54) is 44.9 Å². The highest BCUT2D eigenvalue weighted by Crippen LogP contribution is 2.43. The molecular formula is C38H66NO10P. The van der Waals surface area contributed by atoms with Gasteiger partial charge in [-0.05, 0) is 51.4 Å². The molecular weight excluding hydrogens is 661 g/mol. The van der Waals surface area contributed by atoms with Crippen LogP contribution in [0.3, 0.4) is 0 Å². The SMILES string of the molecule is CC/C=C\C/C=C\C/C=C\C/C=C\CCCCC(=O)OC[C@H](COP(=O)(O)OC[C@H](N)C(=O)O)OC(=O)CCCCCCCCCCCCC. The zero-order chi connectivity index (χ0) is 37.1. The Bertz CT molecular complexity index is 1040. The van der Waals surface area contributed by atoms with Crippen LogP contribution in [-0.4, -0.2) is 59.9 Å². The van der Waals surface area contributed by atoms with Gasteiger partial charge in [0.1, 0.15) is 12.6 Å². The molecule has 3 atom stereocenters. The number of carboxylic acids is 1. The molecule has 0 saturated heterocycles. The quantitative estimate of drug-likeness (QED) is 0.0250. The van der Waals surface area contributed by atoms with Gasteiger partial charge in [0.25, 0.3) is 0 Å². The van der Waals surface area contributed by atoms with Gasteiger partial charge in [0.15, 0.2) is 6.10 Å². The summed E-state index contributed by atoms with van der Waals surface area (Å²) in [6.45, 7) is 2.60. The summed E-state index contributed by atoms with van der Waals surface area (Å²) in [5.74, 6) is -2.44. The second-order valence-corrected chi connectivity index (χ2v) is 13.8. The Morgan fingerprint density at radius 2 is 1.12 bits per heavy atom. The van der Waals surface area contributed by atoms with Crippen LogP contribution in [0.4, 0.5) is 0 Å². The first-order chi connectivity index (χ1) is 24.1. The standard InChI is InChI=1S/C38H66NO10P/c1-3-5-7-9-11-13-15-16-17-18-20-21-23-25-27-29-36(40)46-31-34(32-47-50(44,45)48-33-35(39)38(42)43)49-37(41)30-28-26-24-22-19-14-12-10-8-6-4-2/h5,7,11,13,16-17,20-21,34-35H,3-4,6,8-10,12,14-15,18-19,22-33,39H2,1-2H3,(H,42,43)(H,44,45)/b7-5-,13-11-,17-16-,21-20-/t34-,35+/m1/s1. The summed E-state index contributed by atoms with van der Waals surface area (Å²) in [4.78, 5) is 45.7. The molecule has 0 amide bonds. The molecule has 0 radical (unpaired) electrons. The molecule has 0 aliphatic carbocycles. The van der Waals surface area contributed by atoms with Crippen LogP contribution >= 0.6 is 7.82 Å². The smallest absolute Gasteiger partial charge is 0.472 e. The number of rotatable bonds is 34. The fraction of sp³-hybridized carbons (Fsp3) is 0.711. The van der Waals surface area contributed by atoms with Gasteiger partial charge in [0, 0.05) is 12.8 Å². The van der Waals surface area contributed by atoms with Crippen LogP contribution in [0.5, 0.6) is 0 Å². The van der Waals surface area contributed by atoms with Crippen molar-refractivity contribution in [3.8, 4) is 0 Å². The topological polar surface area (TPSA) is 172 Å². The van der Waals surface area contributed by atoms with Crippen molar-refractivity contribution in [3.63, 3.8) is 0 Å². The Hall–Kier alpha value is -2.56. The van der Waals surface area contributed by atoms with Gasteiger partial charge in [0.2, 0.25) is 0 Å². The molecule has 0 aromatic heterocycles. The molecule has 4 N–H and O–H groups in total. The molecule has 1 unspecified atom stereocenters. The number of hydrogen-bond donors (Lipinski definition) is 3. The van der Waals surface area contributed by atoms with E-state index in [2.05, 4.69) is 67.0 Å². The van der Waals surface area contributed by atoms with Crippen LogP contribution < -0.4 is 5.73 Å². The van der Waals surface area contributed by atoms with Crippen LogP contribution in [-0.2, 0) is 37.5 Å². The van der Waals surface area contributed by atoms with Gasteiger partial charge in [-0.3, -0.25) is 23.4 Å². The predicted octanol–water partition coefficient (Wildman–Crippen LogP) is 9.05. The molecule has 11 nitrogen and oxygen atoms in total. The van der Waals surface area contributed by atoms with E-state index in [9.17, 15) is 23.8 Å². The Labute approximate surface area is 301 Å². The number of aliphatic carboxylic acids is 1. The van der Waals surface area contributed by atoms with Crippen molar-refractivity contribution >= 4 is 25.7 Å². The van der Waals surface area contributed by atoms with Gasteiger partial charge >= 0.3 is 25.7 Å². The van der Waals surface area contributed by atoms with Crippen LogP contribution in [0.2, 0.25) is 0 Å². The van der Waals surface area contributed by atoms with Crippen molar-refractivity contribution in [3.05, 3.63) is 48.6 Å². The predicted molar refractivity (Wildman–Crippen MR) is 198 cm³/mol. The van der Waals surface area contributed by atoms with Crippen molar-refractivity contribution in [1.82, 2.24) is 0 Å². The van der Waals surface area contributed by atoms with Gasteiger partial charge in [-0.25, -0.2) is 4.57 Å². The zero-order valence-corrected chi connectivity index (χ0v) is 31.6. The van der Waals surface area contributed by atoms with E-state index in [0.717, 1.165) is 57.8 Å². The summed E-state index contributed by atoms with van der Waals surface area (Å²) >= 11 is 0. The Morgan fingerprint density at radius 1 is 0.640 bits per heavy atom. The van der Waals surface area contributed by atoms with E-state index in [0.29, 0.717) is 12.8 Å². The van der Waals surface area contributed by atoms with E-state index in [4.69, 9.17) is 24.8 Å². The van der Waals surface area contributed by atoms with Crippen LogP contribution in [0, 0.1) is 0 Å². The molecule has 0 bridgehead atoms. The van der Waals surface area contributed by atoms with Crippen molar-refractivity contribution in [2.45, 2.75) is 154 Å². The third kappa shape index (κ3) is 32.6. The zero-order valence-electron chi connectivity index (χ0n) is 30.7. The fourth-order valence-electron chi connectivity index (χ4n) is 4.64. The number of carbonyl (C=O) groups excluding carboxylic acids is 2. The average molecular weight is 728 g/mol. The molecule has 0 aromatic carbocycles. The normalized spacial score (nSPS) is 14.5. The molecule has 0 saturated carbocycles. The minimum absolute atomic E-state index is 0.152. The van der Waals surface area contributed by atoms with Crippen LogP contribution in [0.25, 0.3) is 0 Å². The molecule has 0 aliphatic heterocycles. The number of phosphoric ester groups is 1. The van der Waals surface area contributed by atoms with E-state index in [1.807, 2.05) is 0 Å². The summed E-state index contributed by atoms with van der Waals surface area (Å²) in [6, 6.07) is -1.53. The number of allylic oxidation sites excluding steroid dienone is 8. The van der Waals surface area contributed by atoms with Gasteiger partial charge in [0.05, 0.1) is 13.2 Å². The molecule has 288 valence electrons. The molecule has 0 rings (SSSR count). The van der Waals surface area contributed by atoms with Crippen LogP contribution in [0.1, 0.15) is 142 Å². The molecule has 0 fully saturated rings. The van der Waals surface area contributed by atoms with Crippen molar-refractivity contribution in [2.75, 3.05) is 19.8 Å². The summed E-state index contributed by atoms with van der Waals surface area (Å²) in [6.07, 6.45) is 34.8. The second-order valence-electron chi connectivity index (χ2n) is 12.3. The van der Waals surface area contributed by atoms with E-state index >= 15 is 0 Å². The number of phosphoric acid groups is 1. The lowest BCUT2D eigenvalue weighted by atomic mass is 10.1. The number of nitrogens with two attached hydrogens (primary N) is 1. The number of unbranched alkanes of at least 4 members (excludes halogenated alkanes) is 12. The maximum Gasteiger partial charge on any atom is 0.472 e. The number of carbonyl (C=O) groups is 3. The van der Waals surface area contributed by atoms with Gasteiger partial charge in [-0.1, -0.05) is 127 Å². The largest absolute Gasteiger partial charge is 0.480 e. The Kier molecular flexibility index (Phi) is 31.9. The lowest BCUT2D eigenvalue weighted by Gasteiger charge is -2.20. The third-order valence-corrected chi connectivity index (χ3v) is 8.54. The maximum atomic E-state index is 12.5. The summed E-state index contributed by atoms with van der Waals surface area (Å²) in [7, 11) is -4.72. The fourth-order valence-corrected chi connectivity index (χ4v) is 5.42. The first kappa shape index (κ1) is 47.4. The maximum absolute atomic E-state index is 12.5. The summed E-state index contributed by atoms with van der Waals surface area (Å²) in [5.41, 5.74) is 5.31. The monoisotopic (exact) mass is 727 g/mol. The van der Waals surface area contributed by atoms with E-state index in [-0.39, 0.29) is 19.4 Å². The van der Waals surface area contributed by atoms with E-state index in [1.54, 1.807) is 0 Å². The Balaban J connectivity index is 4.52. The highest BCUT2D eigenvalue weighted by atomic mass is 31.2. The first-order valence-electron chi connectivity index (χ1n) is 18.7. The van der Waals surface area contributed by atoms with Crippen molar-refractivity contribution in [1.29, 1.82) is 0 Å². The first-order valence-corrected chi connectivity index (χ1v) is 20.2. The molecule has 0 spiro atoms. The summed E-state index contributed by atoms with van der Waals surface area (Å²) < 4.78 is 32.5. The molecule has 12 heteroatoms. The van der Waals surface area contributed by atoms with Gasteiger partial charge in [-0.15, -0.1) is 0 Å². The van der Waals surface area contributed by atoms with Crippen molar-refractivity contribution < 1.29 is 47.5 Å².